The standard InChI is InChI=1S/C20H20O4/c1-3-23-19(21)17-13-10-15(11-14-17)9-12-16-7-5-6-8-18(16)20(22)24-4-2/h5-14H,3-4H2,1-2H3/b12-9+. The summed E-state index contributed by atoms with van der Waals surface area (Å²) in [6.45, 7) is 4.24. The zero-order chi connectivity index (χ0) is 17.4. The van der Waals surface area contributed by atoms with Gasteiger partial charge >= 0.3 is 11.9 Å². The lowest BCUT2D eigenvalue weighted by atomic mass is 10.1. The Labute approximate surface area is 141 Å². The predicted octanol–water partition coefficient (Wildman–Crippen LogP) is 4.21. The van der Waals surface area contributed by atoms with Crippen molar-refractivity contribution in [1.82, 2.24) is 0 Å². The van der Waals surface area contributed by atoms with Crippen LogP contribution in [0.15, 0.2) is 48.5 Å². The molecule has 2 aromatic rings. The van der Waals surface area contributed by atoms with E-state index >= 15 is 0 Å². The zero-order valence-electron chi connectivity index (χ0n) is 13.8. The van der Waals surface area contributed by atoms with Gasteiger partial charge in [-0.15, -0.1) is 0 Å². The lowest BCUT2D eigenvalue weighted by Crippen LogP contribution is -2.06. The van der Waals surface area contributed by atoms with Gasteiger partial charge < -0.3 is 9.47 Å². The maximum absolute atomic E-state index is 12.0. The summed E-state index contributed by atoms with van der Waals surface area (Å²) in [7, 11) is 0. The molecule has 0 amide bonds. The van der Waals surface area contributed by atoms with Crippen molar-refractivity contribution in [2.45, 2.75) is 13.8 Å². The first-order valence-corrected chi connectivity index (χ1v) is 7.87. The second kappa shape index (κ2) is 8.67. The molecular weight excluding hydrogens is 304 g/mol. The smallest absolute Gasteiger partial charge is 0.338 e. The van der Waals surface area contributed by atoms with Gasteiger partial charge in [0.1, 0.15) is 0 Å². The number of carbonyl (C=O) groups excluding carboxylic acids is 2. The number of esters is 2. The van der Waals surface area contributed by atoms with Crippen molar-refractivity contribution in [1.29, 1.82) is 0 Å². The first-order chi connectivity index (χ1) is 11.7. The Bertz CT molecular complexity index is 730. The number of rotatable bonds is 6. The van der Waals surface area contributed by atoms with Crippen molar-refractivity contribution < 1.29 is 19.1 Å². The molecule has 0 spiro atoms. The predicted molar refractivity (Wildman–Crippen MR) is 93.7 cm³/mol. The summed E-state index contributed by atoms with van der Waals surface area (Å²) in [5.74, 6) is -0.670. The van der Waals surface area contributed by atoms with E-state index in [1.807, 2.05) is 36.4 Å². The van der Waals surface area contributed by atoms with E-state index in [0.717, 1.165) is 11.1 Å². The molecule has 0 aliphatic carbocycles. The summed E-state index contributed by atoms with van der Waals surface area (Å²) in [5, 5.41) is 0. The molecule has 0 N–H and O–H groups in total. The van der Waals surface area contributed by atoms with Crippen LogP contribution in [0.3, 0.4) is 0 Å². The molecule has 0 aliphatic heterocycles. The lowest BCUT2D eigenvalue weighted by molar-refractivity contribution is 0.0516. The van der Waals surface area contributed by atoms with E-state index in [9.17, 15) is 9.59 Å². The molecule has 24 heavy (non-hydrogen) atoms. The zero-order valence-corrected chi connectivity index (χ0v) is 13.8. The summed E-state index contributed by atoms with van der Waals surface area (Å²) >= 11 is 0. The Morgan fingerprint density at radius 2 is 1.46 bits per heavy atom. The minimum atomic E-state index is -0.338. The SMILES string of the molecule is CCOC(=O)c1ccc(/C=C/c2ccccc2C(=O)OCC)cc1. The molecule has 0 bridgehead atoms. The van der Waals surface area contributed by atoms with Gasteiger partial charge in [0, 0.05) is 0 Å². The van der Waals surface area contributed by atoms with Gasteiger partial charge in [0.25, 0.3) is 0 Å². The molecule has 0 fully saturated rings. The van der Waals surface area contributed by atoms with E-state index in [1.54, 1.807) is 38.1 Å². The van der Waals surface area contributed by atoms with Crippen LogP contribution < -0.4 is 0 Å². The van der Waals surface area contributed by atoms with Gasteiger partial charge in [0.2, 0.25) is 0 Å². The Hall–Kier alpha value is -2.88. The average molecular weight is 324 g/mol. The molecule has 4 heteroatoms. The van der Waals surface area contributed by atoms with E-state index in [0.29, 0.717) is 24.3 Å². The molecule has 0 unspecified atom stereocenters. The number of hydrogen-bond acceptors (Lipinski definition) is 4. The highest BCUT2D eigenvalue weighted by atomic mass is 16.5. The highest BCUT2D eigenvalue weighted by Gasteiger charge is 2.09. The molecular formula is C20H20O4. The molecule has 0 saturated carbocycles. The third-order valence-corrected chi connectivity index (χ3v) is 3.33. The van der Waals surface area contributed by atoms with Crippen molar-refractivity contribution >= 4 is 24.1 Å². The fourth-order valence-electron chi connectivity index (χ4n) is 2.17. The normalized spacial score (nSPS) is 10.6. The molecule has 0 aliphatic rings. The maximum atomic E-state index is 12.0. The van der Waals surface area contributed by atoms with Gasteiger partial charge in [-0.25, -0.2) is 9.59 Å². The van der Waals surface area contributed by atoms with Gasteiger partial charge in [-0.1, -0.05) is 42.5 Å². The van der Waals surface area contributed by atoms with E-state index in [-0.39, 0.29) is 11.9 Å². The van der Waals surface area contributed by atoms with Crippen molar-refractivity contribution in [2.75, 3.05) is 13.2 Å². The minimum Gasteiger partial charge on any atom is -0.462 e. The molecule has 2 aromatic carbocycles. The fraction of sp³-hybridized carbons (Fsp3) is 0.200. The molecule has 0 saturated heterocycles. The highest BCUT2D eigenvalue weighted by Crippen LogP contribution is 2.15. The van der Waals surface area contributed by atoms with Gasteiger partial charge in [-0.2, -0.15) is 0 Å². The van der Waals surface area contributed by atoms with Crippen LogP contribution in [-0.4, -0.2) is 25.2 Å². The van der Waals surface area contributed by atoms with Gasteiger partial charge in [-0.05, 0) is 43.2 Å². The molecule has 4 nitrogen and oxygen atoms in total. The maximum Gasteiger partial charge on any atom is 0.338 e. The van der Waals surface area contributed by atoms with Gasteiger partial charge in [0.05, 0.1) is 24.3 Å². The Morgan fingerprint density at radius 1 is 0.833 bits per heavy atom. The topological polar surface area (TPSA) is 52.6 Å². The Morgan fingerprint density at radius 3 is 2.12 bits per heavy atom. The average Bonchev–Trinajstić information content (AvgIpc) is 2.61. The van der Waals surface area contributed by atoms with Crippen LogP contribution in [0.2, 0.25) is 0 Å². The van der Waals surface area contributed by atoms with E-state index in [2.05, 4.69) is 0 Å². The van der Waals surface area contributed by atoms with Crippen LogP contribution in [0.25, 0.3) is 12.2 Å². The number of ether oxygens (including phenoxy) is 2. The van der Waals surface area contributed by atoms with Crippen LogP contribution in [0, 0.1) is 0 Å². The van der Waals surface area contributed by atoms with Crippen LogP contribution >= 0.6 is 0 Å². The van der Waals surface area contributed by atoms with Crippen LogP contribution in [0.5, 0.6) is 0 Å². The van der Waals surface area contributed by atoms with Crippen molar-refractivity contribution in [2.24, 2.45) is 0 Å². The fourth-order valence-corrected chi connectivity index (χ4v) is 2.17. The molecule has 0 atom stereocenters. The quantitative estimate of drug-likeness (QED) is 0.590. The third kappa shape index (κ3) is 4.56. The van der Waals surface area contributed by atoms with Crippen molar-refractivity contribution in [3.63, 3.8) is 0 Å². The van der Waals surface area contributed by atoms with Crippen molar-refractivity contribution in [3.05, 3.63) is 70.8 Å². The minimum absolute atomic E-state index is 0.333. The van der Waals surface area contributed by atoms with Crippen LogP contribution in [0.4, 0.5) is 0 Å². The second-order valence-corrected chi connectivity index (χ2v) is 4.98. The monoisotopic (exact) mass is 324 g/mol. The van der Waals surface area contributed by atoms with Gasteiger partial charge in [-0.3, -0.25) is 0 Å². The summed E-state index contributed by atoms with van der Waals surface area (Å²) in [6.07, 6.45) is 3.73. The Balaban J connectivity index is 2.17. The molecule has 2 rings (SSSR count). The summed E-state index contributed by atoms with van der Waals surface area (Å²) in [4.78, 5) is 23.6. The highest BCUT2D eigenvalue weighted by molar-refractivity contribution is 5.95. The first-order valence-electron chi connectivity index (χ1n) is 7.87. The van der Waals surface area contributed by atoms with E-state index < -0.39 is 0 Å². The second-order valence-electron chi connectivity index (χ2n) is 4.98. The first kappa shape index (κ1) is 17.5. The number of benzene rings is 2. The Kier molecular flexibility index (Phi) is 6.32. The third-order valence-electron chi connectivity index (χ3n) is 3.33. The molecule has 0 aromatic heterocycles. The summed E-state index contributed by atoms with van der Waals surface area (Å²) in [6, 6.07) is 14.4. The molecule has 0 radical (unpaired) electrons. The largest absolute Gasteiger partial charge is 0.462 e. The summed E-state index contributed by atoms with van der Waals surface area (Å²) in [5.41, 5.74) is 2.74. The molecule has 124 valence electrons. The lowest BCUT2D eigenvalue weighted by Gasteiger charge is -2.05. The molecule has 0 heterocycles. The number of hydrogen-bond donors (Lipinski definition) is 0. The van der Waals surface area contributed by atoms with Crippen molar-refractivity contribution in [3.8, 4) is 0 Å². The van der Waals surface area contributed by atoms with Crippen LogP contribution in [-0.2, 0) is 9.47 Å². The number of carbonyl (C=O) groups is 2. The van der Waals surface area contributed by atoms with Gasteiger partial charge in [0.15, 0.2) is 0 Å². The summed E-state index contributed by atoms with van der Waals surface area (Å²) < 4.78 is 10.0. The van der Waals surface area contributed by atoms with Crippen LogP contribution in [0.1, 0.15) is 45.7 Å². The van der Waals surface area contributed by atoms with E-state index in [1.165, 1.54) is 0 Å². The van der Waals surface area contributed by atoms with E-state index in [4.69, 9.17) is 9.47 Å².